The summed E-state index contributed by atoms with van der Waals surface area (Å²) in [6.07, 6.45) is 0.240. The van der Waals surface area contributed by atoms with E-state index in [-0.39, 0.29) is 5.82 Å². The molecule has 1 rings (SSSR count). The molecule has 4 heteroatoms. The van der Waals surface area contributed by atoms with Crippen molar-refractivity contribution >= 4 is 5.69 Å². The van der Waals surface area contributed by atoms with Crippen LogP contribution in [-0.2, 0) is 0 Å². The summed E-state index contributed by atoms with van der Waals surface area (Å²) in [4.78, 5) is 4.53. The van der Waals surface area contributed by atoms with Crippen molar-refractivity contribution in [3.05, 3.63) is 29.6 Å². The highest BCUT2D eigenvalue weighted by Gasteiger charge is 2.17. The van der Waals surface area contributed by atoms with E-state index < -0.39 is 6.10 Å². The van der Waals surface area contributed by atoms with Gasteiger partial charge in [0.25, 0.3) is 0 Å². The van der Waals surface area contributed by atoms with Crippen LogP contribution in [0.15, 0.2) is 18.2 Å². The van der Waals surface area contributed by atoms with Crippen LogP contribution >= 0.6 is 0 Å². The van der Waals surface area contributed by atoms with Crippen molar-refractivity contribution in [2.24, 2.45) is 0 Å². The van der Waals surface area contributed by atoms with E-state index in [2.05, 4.69) is 30.6 Å². The molecule has 0 unspecified atom stereocenters. The van der Waals surface area contributed by atoms with Gasteiger partial charge in [-0.2, -0.15) is 0 Å². The highest BCUT2D eigenvalue weighted by atomic mass is 19.1. The minimum atomic E-state index is -0.793. The zero-order valence-corrected chi connectivity index (χ0v) is 13.8. The highest BCUT2D eigenvalue weighted by molar-refractivity contribution is 5.55. The summed E-state index contributed by atoms with van der Waals surface area (Å²) < 4.78 is 14.0. The summed E-state index contributed by atoms with van der Waals surface area (Å²) in [6, 6.07) is 5.02. The molecule has 0 aliphatic rings. The van der Waals surface area contributed by atoms with Gasteiger partial charge in [-0.05, 0) is 52.0 Å². The Hall–Kier alpha value is -1.13. The smallest absolute Gasteiger partial charge is 0.131 e. The van der Waals surface area contributed by atoms with Crippen LogP contribution in [0.1, 0.15) is 45.8 Å². The van der Waals surface area contributed by atoms with Crippen molar-refractivity contribution in [2.75, 3.05) is 37.6 Å². The van der Waals surface area contributed by atoms with Crippen molar-refractivity contribution < 1.29 is 9.50 Å². The van der Waals surface area contributed by atoms with Crippen LogP contribution in [0.4, 0.5) is 10.1 Å². The minimum absolute atomic E-state index is 0.329. The first-order valence-electron chi connectivity index (χ1n) is 7.98. The lowest BCUT2D eigenvalue weighted by molar-refractivity contribution is 0.194. The monoisotopic (exact) mass is 296 g/mol. The number of benzene rings is 1. The Kier molecular flexibility index (Phi) is 7.68. The average Bonchev–Trinajstić information content (AvgIpc) is 2.47. The van der Waals surface area contributed by atoms with Crippen LogP contribution in [0.5, 0.6) is 0 Å². The molecule has 21 heavy (non-hydrogen) atoms. The van der Waals surface area contributed by atoms with Crippen molar-refractivity contribution in [2.45, 2.75) is 40.2 Å². The summed E-state index contributed by atoms with van der Waals surface area (Å²) >= 11 is 0. The van der Waals surface area contributed by atoms with Crippen molar-refractivity contribution in [1.82, 2.24) is 4.90 Å². The Morgan fingerprint density at radius 2 is 1.76 bits per heavy atom. The predicted molar refractivity (Wildman–Crippen MR) is 87.3 cm³/mol. The summed E-state index contributed by atoms with van der Waals surface area (Å²) in [6.45, 7) is 12.8. The van der Waals surface area contributed by atoms with Gasteiger partial charge in [0.2, 0.25) is 0 Å². The third-order valence-electron chi connectivity index (χ3n) is 3.97. The van der Waals surface area contributed by atoms with Gasteiger partial charge in [-0.15, -0.1) is 0 Å². The van der Waals surface area contributed by atoms with Crippen molar-refractivity contribution in [3.8, 4) is 0 Å². The zero-order chi connectivity index (χ0) is 15.8. The van der Waals surface area contributed by atoms with Crippen molar-refractivity contribution in [1.29, 1.82) is 0 Å². The summed E-state index contributed by atoms with van der Waals surface area (Å²) in [5.74, 6) is -0.329. The Balaban J connectivity index is 2.79. The van der Waals surface area contributed by atoms with Crippen LogP contribution < -0.4 is 4.90 Å². The van der Waals surface area contributed by atoms with Crippen LogP contribution in [-0.4, -0.2) is 42.7 Å². The van der Waals surface area contributed by atoms with E-state index in [4.69, 9.17) is 0 Å². The summed E-state index contributed by atoms with van der Waals surface area (Å²) in [5.41, 5.74) is 1.22. The molecule has 1 atom stereocenters. The first-order valence-corrected chi connectivity index (χ1v) is 7.98. The van der Waals surface area contributed by atoms with Crippen LogP contribution in [0.2, 0.25) is 0 Å². The number of aliphatic hydroxyl groups is 1. The van der Waals surface area contributed by atoms with E-state index in [9.17, 15) is 9.50 Å². The second-order valence-electron chi connectivity index (χ2n) is 5.31. The zero-order valence-electron chi connectivity index (χ0n) is 13.8. The second-order valence-corrected chi connectivity index (χ2v) is 5.31. The number of nitrogens with zero attached hydrogens (tertiary/aromatic N) is 2. The molecule has 0 fully saturated rings. The lowest BCUT2D eigenvalue weighted by Gasteiger charge is -2.28. The van der Waals surface area contributed by atoms with E-state index >= 15 is 0 Å². The number of rotatable bonds is 9. The van der Waals surface area contributed by atoms with Gasteiger partial charge >= 0.3 is 0 Å². The van der Waals surface area contributed by atoms with Gasteiger partial charge in [-0.3, -0.25) is 0 Å². The molecule has 0 aromatic heterocycles. The normalized spacial score (nSPS) is 12.7. The number of hydrogen-bond acceptors (Lipinski definition) is 3. The quantitative estimate of drug-likeness (QED) is 0.756. The molecule has 0 aliphatic carbocycles. The van der Waals surface area contributed by atoms with Gasteiger partial charge in [-0.1, -0.05) is 19.9 Å². The van der Waals surface area contributed by atoms with Gasteiger partial charge in [-0.25, -0.2) is 4.39 Å². The lowest BCUT2D eigenvalue weighted by Crippen LogP contribution is -2.30. The fourth-order valence-electron chi connectivity index (χ4n) is 2.69. The first kappa shape index (κ1) is 17.9. The maximum Gasteiger partial charge on any atom is 0.131 e. The van der Waals surface area contributed by atoms with Gasteiger partial charge in [0, 0.05) is 24.3 Å². The predicted octanol–water partition coefficient (Wildman–Crippen LogP) is 3.44. The molecule has 0 saturated heterocycles. The topological polar surface area (TPSA) is 26.7 Å². The van der Waals surface area contributed by atoms with E-state index in [1.807, 2.05) is 6.07 Å². The van der Waals surface area contributed by atoms with E-state index in [0.29, 0.717) is 5.56 Å². The maximum atomic E-state index is 14.0. The fraction of sp³-hybridized carbons (Fsp3) is 0.647. The largest absolute Gasteiger partial charge is 0.389 e. The number of hydrogen-bond donors (Lipinski definition) is 1. The molecule has 0 radical (unpaired) electrons. The summed E-state index contributed by atoms with van der Waals surface area (Å²) in [7, 11) is 0. The third kappa shape index (κ3) is 4.97. The van der Waals surface area contributed by atoms with Gasteiger partial charge < -0.3 is 14.9 Å². The van der Waals surface area contributed by atoms with Crippen LogP contribution in [0, 0.1) is 5.82 Å². The molecular formula is C17H29FN2O. The van der Waals surface area contributed by atoms with Gasteiger partial charge in [0.05, 0.1) is 6.10 Å². The fourth-order valence-corrected chi connectivity index (χ4v) is 2.69. The molecule has 0 bridgehead atoms. The van der Waals surface area contributed by atoms with Crippen LogP contribution in [0.25, 0.3) is 0 Å². The van der Waals surface area contributed by atoms with E-state index in [1.165, 1.54) is 6.07 Å². The number of aliphatic hydroxyl groups excluding tert-OH is 1. The molecule has 120 valence electrons. The lowest BCUT2D eigenvalue weighted by atomic mass is 10.1. The van der Waals surface area contributed by atoms with Crippen molar-refractivity contribution in [3.63, 3.8) is 0 Å². The Morgan fingerprint density at radius 1 is 1.10 bits per heavy atom. The number of anilines is 1. The average molecular weight is 296 g/mol. The molecule has 1 aromatic rings. The molecule has 0 heterocycles. The van der Waals surface area contributed by atoms with Crippen LogP contribution in [0.3, 0.4) is 0 Å². The highest BCUT2D eigenvalue weighted by Crippen LogP contribution is 2.29. The summed E-state index contributed by atoms with van der Waals surface area (Å²) in [5, 5.41) is 9.84. The molecule has 0 amide bonds. The minimum Gasteiger partial charge on any atom is -0.389 e. The molecule has 0 spiro atoms. The third-order valence-corrected chi connectivity index (χ3v) is 3.97. The molecule has 0 saturated carbocycles. The van der Waals surface area contributed by atoms with Gasteiger partial charge in [0.15, 0.2) is 0 Å². The van der Waals surface area contributed by atoms with Gasteiger partial charge in [0.1, 0.15) is 5.82 Å². The molecule has 1 N–H and O–H groups in total. The Bertz CT molecular complexity index is 419. The maximum absolute atomic E-state index is 14.0. The standard InChI is InChI=1S/C17H29FN2O/c1-5-19(6-2)12-9-13-20(7-3)16-11-8-10-15(18)17(16)14(4)21/h8,10-11,14,21H,5-7,9,12-13H2,1-4H3/t14-/m0/s1. The Labute approximate surface area is 128 Å². The Morgan fingerprint density at radius 3 is 2.29 bits per heavy atom. The molecule has 0 aliphatic heterocycles. The molecule has 3 nitrogen and oxygen atoms in total. The number of halogens is 1. The molecular weight excluding hydrogens is 267 g/mol. The SMILES string of the molecule is CCN(CC)CCCN(CC)c1cccc(F)c1[C@H](C)O. The second kappa shape index (κ2) is 9.00. The van der Waals surface area contributed by atoms with E-state index in [1.54, 1.807) is 13.0 Å². The van der Waals surface area contributed by atoms with E-state index in [0.717, 1.165) is 44.8 Å². The molecule has 1 aromatic carbocycles. The first-order chi connectivity index (χ1) is 10.0.